The van der Waals surface area contributed by atoms with E-state index in [1.165, 1.54) is 0 Å². The van der Waals surface area contributed by atoms with Gasteiger partial charge in [-0.2, -0.15) is 0 Å². The minimum Gasteiger partial charge on any atom is -0.481 e. The van der Waals surface area contributed by atoms with Crippen LogP contribution < -0.4 is 5.32 Å². The Labute approximate surface area is 190 Å². The number of hydrogen-bond acceptors (Lipinski definition) is 2. The third-order valence-corrected chi connectivity index (χ3v) is 6.72. The van der Waals surface area contributed by atoms with Crippen LogP contribution in [0.4, 0.5) is 4.79 Å². The van der Waals surface area contributed by atoms with Crippen LogP contribution in [0.5, 0.6) is 0 Å². The van der Waals surface area contributed by atoms with E-state index in [0.717, 1.165) is 34.6 Å². The van der Waals surface area contributed by atoms with E-state index in [1.54, 1.807) is 4.90 Å². The Bertz CT molecular complexity index is 889. The summed E-state index contributed by atoms with van der Waals surface area (Å²) in [5.74, 6) is -1.14. The number of nitrogens with one attached hydrogen (secondary N) is 1. The molecule has 0 saturated heterocycles. The molecule has 2 N–H and O–H groups in total. The Morgan fingerprint density at radius 1 is 1.19 bits per heavy atom. The third-order valence-electron chi connectivity index (χ3n) is 6.37. The summed E-state index contributed by atoms with van der Waals surface area (Å²) in [6, 6.07) is 5.61. The molecule has 0 aromatic heterocycles. The summed E-state index contributed by atoms with van der Waals surface area (Å²) in [4.78, 5) is 25.8. The van der Waals surface area contributed by atoms with Crippen molar-refractivity contribution in [2.75, 3.05) is 0 Å². The smallest absolute Gasteiger partial charge is 0.322 e. The molecule has 0 bridgehead atoms. The molecule has 1 aromatic rings. The Kier molecular flexibility index (Phi) is 6.48. The summed E-state index contributed by atoms with van der Waals surface area (Å²) >= 11 is 6.63. The molecule has 170 valence electrons. The quantitative estimate of drug-likeness (QED) is 0.567. The SMILES string of the molecule is CC(C)(C)CCc1ccc(C2NC(=O)N([C@H]3C[C@H](C(=O)O)C3)C=C2C(C)(C)C)cc1Cl. The van der Waals surface area contributed by atoms with Crippen molar-refractivity contribution in [1.82, 2.24) is 10.2 Å². The van der Waals surface area contributed by atoms with Crippen LogP contribution in [0.25, 0.3) is 0 Å². The van der Waals surface area contributed by atoms with E-state index in [9.17, 15) is 14.7 Å². The predicted octanol–water partition coefficient (Wildman–Crippen LogP) is 6.18. The lowest BCUT2D eigenvalue weighted by molar-refractivity contribution is -0.146. The highest BCUT2D eigenvalue weighted by atomic mass is 35.5. The Morgan fingerprint density at radius 3 is 2.35 bits per heavy atom. The molecular weight excluding hydrogens is 412 g/mol. The zero-order valence-corrected chi connectivity index (χ0v) is 20.2. The van der Waals surface area contributed by atoms with Gasteiger partial charge in [0.25, 0.3) is 0 Å². The number of carboxylic acids is 1. The van der Waals surface area contributed by atoms with Gasteiger partial charge in [-0.15, -0.1) is 0 Å². The summed E-state index contributed by atoms with van der Waals surface area (Å²) < 4.78 is 0. The number of benzene rings is 1. The van der Waals surface area contributed by atoms with Gasteiger partial charge in [-0.25, -0.2) is 4.79 Å². The van der Waals surface area contributed by atoms with E-state index < -0.39 is 5.97 Å². The molecule has 0 spiro atoms. The van der Waals surface area contributed by atoms with Gasteiger partial charge in [0.2, 0.25) is 0 Å². The predicted molar refractivity (Wildman–Crippen MR) is 124 cm³/mol. The largest absolute Gasteiger partial charge is 0.481 e. The maximum Gasteiger partial charge on any atom is 0.322 e. The molecular formula is C25H35ClN2O3. The zero-order valence-electron chi connectivity index (χ0n) is 19.5. The lowest BCUT2D eigenvalue weighted by Crippen LogP contribution is -2.54. The topological polar surface area (TPSA) is 69.6 Å². The molecule has 1 aromatic carbocycles. The summed E-state index contributed by atoms with van der Waals surface area (Å²) in [7, 11) is 0. The number of carbonyl (C=O) groups is 2. The molecule has 6 heteroatoms. The summed E-state index contributed by atoms with van der Waals surface area (Å²) in [5, 5.41) is 13.1. The molecule has 5 nitrogen and oxygen atoms in total. The number of rotatable bonds is 5. The first-order chi connectivity index (χ1) is 14.3. The van der Waals surface area contributed by atoms with Crippen LogP contribution in [0.3, 0.4) is 0 Å². The highest BCUT2D eigenvalue weighted by Gasteiger charge is 2.43. The molecule has 1 aliphatic carbocycles. The number of nitrogens with zero attached hydrogens (tertiary/aromatic N) is 1. The maximum absolute atomic E-state index is 12.9. The Morgan fingerprint density at radius 2 is 1.84 bits per heavy atom. The first-order valence-electron chi connectivity index (χ1n) is 11.1. The van der Waals surface area contributed by atoms with Gasteiger partial charge in [-0.1, -0.05) is 65.3 Å². The second kappa shape index (κ2) is 8.50. The van der Waals surface area contributed by atoms with Crippen molar-refractivity contribution in [2.45, 2.75) is 79.3 Å². The second-order valence-electron chi connectivity index (χ2n) is 11.2. The lowest BCUT2D eigenvalue weighted by Gasteiger charge is -2.45. The highest BCUT2D eigenvalue weighted by Crippen LogP contribution is 2.42. The van der Waals surface area contributed by atoms with Crippen molar-refractivity contribution < 1.29 is 14.7 Å². The van der Waals surface area contributed by atoms with Crippen molar-refractivity contribution in [1.29, 1.82) is 0 Å². The van der Waals surface area contributed by atoms with Crippen molar-refractivity contribution in [3.05, 3.63) is 46.1 Å². The van der Waals surface area contributed by atoms with Crippen LogP contribution in [-0.4, -0.2) is 28.0 Å². The summed E-state index contributed by atoms with van der Waals surface area (Å²) in [6.07, 6.45) is 4.90. The number of carboxylic acid groups (broad SMARTS) is 1. The monoisotopic (exact) mass is 446 g/mol. The normalized spacial score (nSPS) is 24.4. The molecule has 1 heterocycles. The van der Waals surface area contributed by atoms with Crippen LogP contribution in [0.15, 0.2) is 30.0 Å². The van der Waals surface area contributed by atoms with Crippen molar-refractivity contribution in [3.63, 3.8) is 0 Å². The second-order valence-corrected chi connectivity index (χ2v) is 11.6. The van der Waals surface area contributed by atoms with Crippen LogP contribution in [0.1, 0.15) is 78.0 Å². The first-order valence-corrected chi connectivity index (χ1v) is 11.5. The molecule has 1 atom stereocenters. The summed E-state index contributed by atoms with van der Waals surface area (Å²) in [6.45, 7) is 13.0. The van der Waals surface area contributed by atoms with Gasteiger partial charge >= 0.3 is 12.0 Å². The van der Waals surface area contributed by atoms with Gasteiger partial charge in [-0.05, 0) is 59.3 Å². The molecule has 1 saturated carbocycles. The molecule has 0 radical (unpaired) electrons. The maximum atomic E-state index is 12.9. The van der Waals surface area contributed by atoms with Crippen LogP contribution >= 0.6 is 11.6 Å². The fourth-order valence-corrected chi connectivity index (χ4v) is 4.48. The first kappa shape index (κ1) is 23.6. The zero-order chi connectivity index (χ0) is 23.1. The molecule has 2 aliphatic rings. The standard InChI is InChI=1S/C25H35ClN2O3/c1-24(2,3)10-9-15-7-8-16(13-20(15)26)21-19(25(4,5)6)14-28(23(31)27-21)18-11-17(12-18)22(29)30/h7-8,13-14,17-18,21H,9-12H2,1-6H3,(H,27,31)(H,29,30)/t17-,18-,21?. The van der Waals surface area contributed by atoms with Crippen LogP contribution in [0, 0.1) is 16.7 Å². The van der Waals surface area contributed by atoms with Crippen molar-refractivity contribution in [3.8, 4) is 0 Å². The fraction of sp³-hybridized carbons (Fsp3) is 0.600. The average Bonchev–Trinajstić information content (AvgIpc) is 2.58. The molecule has 1 unspecified atom stereocenters. The molecule has 1 aliphatic heterocycles. The number of aryl methyl sites for hydroxylation is 1. The number of aliphatic carboxylic acids is 1. The molecule has 31 heavy (non-hydrogen) atoms. The van der Waals surface area contributed by atoms with Crippen molar-refractivity contribution in [2.24, 2.45) is 16.7 Å². The number of hydrogen-bond donors (Lipinski definition) is 2. The van der Waals surface area contributed by atoms with Crippen molar-refractivity contribution >= 4 is 23.6 Å². The summed E-state index contributed by atoms with van der Waals surface area (Å²) in [5.41, 5.74) is 3.25. The van der Waals surface area contributed by atoms with E-state index in [2.05, 4.69) is 59.0 Å². The van der Waals surface area contributed by atoms with E-state index >= 15 is 0 Å². The van der Waals surface area contributed by atoms with Gasteiger partial charge in [0, 0.05) is 17.3 Å². The Balaban J connectivity index is 1.85. The van der Waals surface area contributed by atoms with E-state index in [1.807, 2.05) is 12.3 Å². The number of urea groups is 1. The minimum atomic E-state index is -0.784. The van der Waals surface area contributed by atoms with E-state index in [-0.39, 0.29) is 34.9 Å². The third kappa shape index (κ3) is 5.43. The lowest BCUT2D eigenvalue weighted by atomic mass is 9.76. The number of amides is 2. The van der Waals surface area contributed by atoms with Gasteiger partial charge < -0.3 is 10.4 Å². The van der Waals surface area contributed by atoms with Gasteiger partial charge in [0.05, 0.1) is 12.0 Å². The number of carbonyl (C=O) groups excluding carboxylic acids is 1. The van der Waals surface area contributed by atoms with Gasteiger partial charge in [0.1, 0.15) is 0 Å². The average molecular weight is 447 g/mol. The minimum absolute atomic E-state index is 0.0669. The molecule has 3 rings (SSSR count). The number of halogens is 1. The highest BCUT2D eigenvalue weighted by molar-refractivity contribution is 6.31. The van der Waals surface area contributed by atoms with Gasteiger partial charge in [-0.3, -0.25) is 9.69 Å². The van der Waals surface area contributed by atoms with Crippen LogP contribution in [-0.2, 0) is 11.2 Å². The van der Waals surface area contributed by atoms with Crippen LogP contribution in [0.2, 0.25) is 5.02 Å². The fourth-order valence-electron chi connectivity index (χ4n) is 4.19. The Hall–Kier alpha value is -2.01. The van der Waals surface area contributed by atoms with E-state index in [0.29, 0.717) is 12.8 Å². The van der Waals surface area contributed by atoms with E-state index in [4.69, 9.17) is 11.6 Å². The van der Waals surface area contributed by atoms with Gasteiger partial charge in [0.15, 0.2) is 0 Å². The molecule has 2 amide bonds. The molecule has 1 fully saturated rings.